The zero-order valence-electron chi connectivity index (χ0n) is 11.8. The van der Waals surface area contributed by atoms with Crippen LogP contribution in [0.15, 0.2) is 0 Å². The van der Waals surface area contributed by atoms with Crippen LogP contribution in [0, 0.1) is 10.8 Å². The molecule has 1 saturated carbocycles. The highest BCUT2D eigenvalue weighted by molar-refractivity contribution is 7.80. The highest BCUT2D eigenvalue weighted by atomic mass is 32.1. The third-order valence-electron chi connectivity index (χ3n) is 4.60. The van der Waals surface area contributed by atoms with E-state index < -0.39 is 5.41 Å². The average molecular weight is 270 g/mol. The Morgan fingerprint density at radius 1 is 1.33 bits per heavy atom. The summed E-state index contributed by atoms with van der Waals surface area (Å²) in [6.45, 7) is 6.94. The summed E-state index contributed by atoms with van der Waals surface area (Å²) in [5.74, 6) is 0.00752. The van der Waals surface area contributed by atoms with Crippen molar-refractivity contribution >= 4 is 23.1 Å². The molecule has 0 aromatic heterocycles. The second kappa shape index (κ2) is 6.00. The van der Waals surface area contributed by atoms with Gasteiger partial charge in [0.25, 0.3) is 0 Å². The molecule has 4 heteroatoms. The summed E-state index contributed by atoms with van der Waals surface area (Å²) < 4.78 is 0. The van der Waals surface area contributed by atoms with Crippen LogP contribution in [0.2, 0.25) is 0 Å². The Morgan fingerprint density at radius 3 is 2.22 bits per heavy atom. The minimum absolute atomic E-state index is 0.00752. The molecule has 1 aliphatic carbocycles. The van der Waals surface area contributed by atoms with E-state index in [9.17, 15) is 4.79 Å². The predicted molar refractivity (Wildman–Crippen MR) is 79.4 cm³/mol. The zero-order valence-corrected chi connectivity index (χ0v) is 12.7. The number of nitrogens with one attached hydrogen (secondary N) is 1. The molecule has 1 fully saturated rings. The number of carbonyl (C=O) groups excluding carboxylic acids is 1. The quantitative estimate of drug-likeness (QED) is 0.730. The number of nitrogens with two attached hydrogens (primary N) is 1. The first-order chi connectivity index (χ1) is 8.40. The Morgan fingerprint density at radius 2 is 1.83 bits per heavy atom. The van der Waals surface area contributed by atoms with E-state index in [2.05, 4.69) is 12.2 Å². The van der Waals surface area contributed by atoms with Gasteiger partial charge >= 0.3 is 0 Å². The molecule has 0 unspecified atom stereocenters. The lowest BCUT2D eigenvalue weighted by atomic mass is 9.80. The fourth-order valence-corrected chi connectivity index (χ4v) is 3.28. The Kier molecular flexibility index (Phi) is 5.14. The van der Waals surface area contributed by atoms with Crippen molar-refractivity contribution in [3.63, 3.8) is 0 Å². The molecule has 0 heterocycles. The molecular weight excluding hydrogens is 244 g/mol. The van der Waals surface area contributed by atoms with E-state index in [1.54, 1.807) is 0 Å². The molecule has 0 atom stereocenters. The van der Waals surface area contributed by atoms with E-state index >= 15 is 0 Å². The molecule has 0 spiro atoms. The Bertz CT molecular complexity index is 318. The van der Waals surface area contributed by atoms with Gasteiger partial charge in [-0.3, -0.25) is 4.79 Å². The van der Waals surface area contributed by atoms with Gasteiger partial charge in [-0.1, -0.05) is 45.8 Å². The van der Waals surface area contributed by atoms with Crippen molar-refractivity contribution in [3.05, 3.63) is 0 Å². The third-order valence-corrected chi connectivity index (χ3v) is 4.99. The van der Waals surface area contributed by atoms with E-state index in [4.69, 9.17) is 18.0 Å². The van der Waals surface area contributed by atoms with Crippen LogP contribution in [0.5, 0.6) is 0 Å². The maximum absolute atomic E-state index is 12.4. The molecule has 3 N–H and O–H groups in total. The van der Waals surface area contributed by atoms with E-state index in [1.165, 1.54) is 25.7 Å². The third kappa shape index (κ3) is 3.02. The fourth-order valence-electron chi connectivity index (χ4n) is 2.90. The largest absolute Gasteiger partial charge is 0.392 e. The molecule has 18 heavy (non-hydrogen) atoms. The second-order valence-corrected chi connectivity index (χ2v) is 6.29. The van der Waals surface area contributed by atoms with Crippen molar-refractivity contribution < 1.29 is 4.79 Å². The minimum Gasteiger partial charge on any atom is -0.392 e. The molecule has 1 aliphatic rings. The number of amides is 1. The van der Waals surface area contributed by atoms with Crippen molar-refractivity contribution in [3.8, 4) is 0 Å². The molecule has 3 nitrogen and oxygen atoms in total. The van der Waals surface area contributed by atoms with E-state index in [0.29, 0.717) is 17.8 Å². The first-order valence-electron chi connectivity index (χ1n) is 6.98. The summed E-state index contributed by atoms with van der Waals surface area (Å²) in [4.78, 5) is 12.7. The van der Waals surface area contributed by atoms with E-state index in [0.717, 1.165) is 6.54 Å². The van der Waals surface area contributed by atoms with Crippen LogP contribution < -0.4 is 11.1 Å². The first kappa shape index (κ1) is 15.4. The number of hydrogen-bond acceptors (Lipinski definition) is 2. The summed E-state index contributed by atoms with van der Waals surface area (Å²) in [6, 6.07) is 0. The van der Waals surface area contributed by atoms with Crippen LogP contribution in [0.25, 0.3) is 0 Å². The molecule has 0 aromatic carbocycles. The lowest BCUT2D eigenvalue weighted by Crippen LogP contribution is -2.50. The zero-order chi connectivity index (χ0) is 13.8. The van der Waals surface area contributed by atoms with Gasteiger partial charge in [0.15, 0.2) is 0 Å². The Hall–Kier alpha value is -0.640. The Balaban J connectivity index is 2.65. The van der Waals surface area contributed by atoms with Gasteiger partial charge in [0.05, 0.1) is 10.4 Å². The second-order valence-electron chi connectivity index (χ2n) is 5.85. The number of carbonyl (C=O) groups is 1. The maximum atomic E-state index is 12.4. The minimum atomic E-state index is -0.662. The molecular formula is C14H26N2OS. The van der Waals surface area contributed by atoms with Gasteiger partial charge < -0.3 is 11.1 Å². The van der Waals surface area contributed by atoms with Gasteiger partial charge in [-0.05, 0) is 31.1 Å². The van der Waals surface area contributed by atoms with Crippen LogP contribution in [-0.2, 0) is 4.79 Å². The lowest BCUT2D eigenvalue weighted by molar-refractivity contribution is -0.128. The van der Waals surface area contributed by atoms with Gasteiger partial charge in [0.1, 0.15) is 0 Å². The summed E-state index contributed by atoms with van der Waals surface area (Å²) in [5.41, 5.74) is 5.38. The van der Waals surface area contributed by atoms with Crippen molar-refractivity contribution in [1.29, 1.82) is 0 Å². The van der Waals surface area contributed by atoms with Gasteiger partial charge in [-0.15, -0.1) is 0 Å². The molecule has 0 radical (unpaired) electrons. The molecule has 0 aromatic rings. The number of hydrogen-bond donors (Lipinski definition) is 2. The van der Waals surface area contributed by atoms with Crippen molar-refractivity contribution in [2.24, 2.45) is 16.6 Å². The summed E-state index contributed by atoms with van der Waals surface area (Å²) >= 11 is 5.10. The van der Waals surface area contributed by atoms with Gasteiger partial charge in [0, 0.05) is 6.54 Å². The van der Waals surface area contributed by atoms with Crippen LogP contribution in [-0.4, -0.2) is 17.4 Å². The van der Waals surface area contributed by atoms with Gasteiger partial charge in [-0.2, -0.15) is 0 Å². The predicted octanol–water partition coefficient (Wildman–Crippen LogP) is 2.78. The first-order valence-corrected chi connectivity index (χ1v) is 7.39. The molecule has 1 amide bonds. The topological polar surface area (TPSA) is 55.1 Å². The van der Waals surface area contributed by atoms with Crippen LogP contribution in [0.1, 0.15) is 59.3 Å². The van der Waals surface area contributed by atoms with E-state index in [-0.39, 0.29) is 11.3 Å². The SMILES string of the molecule is CCC(CC)(C(=O)NCC1(C)CCCC1)C(N)=S. The van der Waals surface area contributed by atoms with E-state index in [1.807, 2.05) is 13.8 Å². The van der Waals surface area contributed by atoms with Crippen LogP contribution in [0.3, 0.4) is 0 Å². The normalized spacial score (nSPS) is 18.6. The molecule has 0 bridgehead atoms. The molecule has 0 aliphatic heterocycles. The number of thiocarbonyl (C=S) groups is 1. The van der Waals surface area contributed by atoms with Gasteiger partial charge in [0.2, 0.25) is 5.91 Å². The van der Waals surface area contributed by atoms with Crippen molar-refractivity contribution in [1.82, 2.24) is 5.32 Å². The highest BCUT2D eigenvalue weighted by Crippen LogP contribution is 2.37. The molecule has 0 saturated heterocycles. The summed E-state index contributed by atoms with van der Waals surface area (Å²) in [7, 11) is 0. The standard InChI is InChI=1S/C14H26N2OS/c1-4-14(5-2,11(15)18)12(17)16-10-13(3)8-6-7-9-13/h4-10H2,1-3H3,(H2,15,18)(H,16,17). The number of rotatable bonds is 6. The van der Waals surface area contributed by atoms with Gasteiger partial charge in [-0.25, -0.2) is 0 Å². The highest BCUT2D eigenvalue weighted by Gasteiger charge is 2.39. The molecule has 104 valence electrons. The Labute approximate surface area is 116 Å². The maximum Gasteiger partial charge on any atom is 0.233 e. The van der Waals surface area contributed by atoms with Crippen LogP contribution >= 0.6 is 12.2 Å². The molecule has 1 rings (SSSR count). The monoisotopic (exact) mass is 270 g/mol. The lowest BCUT2D eigenvalue weighted by Gasteiger charge is -2.31. The summed E-state index contributed by atoms with van der Waals surface area (Å²) in [5, 5.41) is 3.08. The van der Waals surface area contributed by atoms with Crippen LogP contribution in [0.4, 0.5) is 0 Å². The van der Waals surface area contributed by atoms with Crippen molar-refractivity contribution in [2.75, 3.05) is 6.54 Å². The fraction of sp³-hybridized carbons (Fsp3) is 0.857. The average Bonchev–Trinajstić information content (AvgIpc) is 2.76. The summed E-state index contributed by atoms with van der Waals surface area (Å²) in [6.07, 6.45) is 6.28. The smallest absolute Gasteiger partial charge is 0.233 e. The van der Waals surface area contributed by atoms with Crippen molar-refractivity contribution in [2.45, 2.75) is 59.3 Å².